The molecule has 1 unspecified atom stereocenters. The third-order valence-electron chi connectivity index (χ3n) is 4.07. The van der Waals surface area contributed by atoms with Crippen LogP contribution in [0, 0.1) is 0 Å². The summed E-state index contributed by atoms with van der Waals surface area (Å²) in [5.41, 5.74) is 7.06. The smallest absolute Gasteiger partial charge is 0.188 e. The monoisotopic (exact) mass is 368 g/mol. The summed E-state index contributed by atoms with van der Waals surface area (Å²) in [5, 5.41) is 3.25. The third-order valence-corrected chi connectivity index (χ3v) is 4.69. The molecule has 1 fully saturated rings. The van der Waals surface area contributed by atoms with Gasteiger partial charge in [0.2, 0.25) is 0 Å². The van der Waals surface area contributed by atoms with Crippen LogP contribution in [0.2, 0.25) is 0 Å². The predicted octanol–water partition coefficient (Wildman–Crippen LogP) is 2.35. The van der Waals surface area contributed by atoms with Crippen LogP contribution in [0.15, 0.2) is 27.7 Å². The first-order valence-corrected chi connectivity index (χ1v) is 8.53. The van der Waals surface area contributed by atoms with Gasteiger partial charge in [0.05, 0.1) is 18.1 Å². The van der Waals surface area contributed by atoms with E-state index in [1.165, 1.54) is 19.4 Å². The van der Waals surface area contributed by atoms with E-state index in [0.717, 1.165) is 28.9 Å². The Morgan fingerprint density at radius 1 is 1.55 bits per heavy atom. The molecule has 122 valence electrons. The number of nitrogens with two attached hydrogens (primary N) is 1. The van der Waals surface area contributed by atoms with E-state index in [-0.39, 0.29) is 0 Å². The first kappa shape index (κ1) is 17.1. The Labute approximate surface area is 141 Å². The summed E-state index contributed by atoms with van der Waals surface area (Å²) in [4.78, 5) is 6.89. The fourth-order valence-corrected chi connectivity index (χ4v) is 3.39. The Hall–Kier alpha value is -1.27. The van der Waals surface area contributed by atoms with Gasteiger partial charge in [-0.05, 0) is 59.6 Å². The molecule has 2 rings (SSSR count). The van der Waals surface area contributed by atoms with Crippen molar-refractivity contribution in [2.75, 3.05) is 26.7 Å². The number of nitrogens with one attached hydrogen (secondary N) is 1. The Morgan fingerprint density at radius 2 is 2.36 bits per heavy atom. The lowest BCUT2D eigenvalue weighted by atomic mass is 10.2. The van der Waals surface area contributed by atoms with Gasteiger partial charge in [-0.25, -0.2) is 4.99 Å². The molecule has 1 aliphatic heterocycles. The SMILES string of the molecule is CCN1CCCC1CNC(N)=NCc1ccc(OC)c(Br)c1. The minimum atomic E-state index is 0.509. The van der Waals surface area contributed by atoms with Gasteiger partial charge in [0, 0.05) is 12.6 Å². The number of aliphatic imine (C=N–C) groups is 1. The van der Waals surface area contributed by atoms with Crippen LogP contribution in [0.3, 0.4) is 0 Å². The van der Waals surface area contributed by atoms with Crippen LogP contribution in [0.25, 0.3) is 0 Å². The highest BCUT2D eigenvalue weighted by molar-refractivity contribution is 9.10. The third kappa shape index (κ3) is 4.61. The minimum Gasteiger partial charge on any atom is -0.496 e. The van der Waals surface area contributed by atoms with Crippen LogP contribution in [-0.2, 0) is 6.54 Å². The normalized spacial score (nSPS) is 19.4. The number of hydrogen-bond acceptors (Lipinski definition) is 3. The molecule has 1 atom stereocenters. The highest BCUT2D eigenvalue weighted by atomic mass is 79.9. The molecular weight excluding hydrogens is 344 g/mol. The second-order valence-corrected chi connectivity index (χ2v) is 6.33. The zero-order valence-electron chi connectivity index (χ0n) is 13.3. The average molecular weight is 369 g/mol. The van der Waals surface area contributed by atoms with E-state index in [0.29, 0.717) is 18.5 Å². The number of ether oxygens (including phenoxy) is 1. The molecule has 22 heavy (non-hydrogen) atoms. The van der Waals surface area contributed by atoms with Gasteiger partial charge in [0.15, 0.2) is 5.96 Å². The first-order chi connectivity index (χ1) is 10.6. The molecule has 3 N–H and O–H groups in total. The summed E-state index contributed by atoms with van der Waals surface area (Å²) in [7, 11) is 1.66. The summed E-state index contributed by atoms with van der Waals surface area (Å²) in [5.74, 6) is 1.33. The van der Waals surface area contributed by atoms with Crippen LogP contribution >= 0.6 is 15.9 Å². The molecule has 1 aliphatic rings. The fraction of sp³-hybridized carbons (Fsp3) is 0.562. The highest BCUT2D eigenvalue weighted by Crippen LogP contribution is 2.25. The lowest BCUT2D eigenvalue weighted by Gasteiger charge is -2.23. The Kier molecular flexibility index (Phi) is 6.51. The number of likely N-dealkylation sites (tertiary alicyclic amines) is 1. The molecule has 0 bridgehead atoms. The van der Waals surface area contributed by atoms with Gasteiger partial charge in [-0.15, -0.1) is 0 Å². The molecule has 1 aromatic carbocycles. The average Bonchev–Trinajstić information content (AvgIpc) is 2.98. The van der Waals surface area contributed by atoms with Gasteiger partial charge in [-0.1, -0.05) is 13.0 Å². The lowest BCUT2D eigenvalue weighted by molar-refractivity contribution is 0.267. The summed E-state index contributed by atoms with van der Waals surface area (Å²) >= 11 is 3.48. The molecule has 0 radical (unpaired) electrons. The topological polar surface area (TPSA) is 62.9 Å². The van der Waals surface area contributed by atoms with Crippen LogP contribution in [-0.4, -0.2) is 43.6 Å². The number of rotatable bonds is 6. The predicted molar refractivity (Wildman–Crippen MR) is 94.3 cm³/mol. The number of likely N-dealkylation sites (N-methyl/N-ethyl adjacent to an activating group) is 1. The van der Waals surface area contributed by atoms with Crippen LogP contribution in [0.1, 0.15) is 25.3 Å². The van der Waals surface area contributed by atoms with Crippen LogP contribution < -0.4 is 15.8 Å². The van der Waals surface area contributed by atoms with Crippen molar-refractivity contribution in [3.05, 3.63) is 28.2 Å². The van der Waals surface area contributed by atoms with E-state index in [1.807, 2.05) is 18.2 Å². The van der Waals surface area contributed by atoms with E-state index in [2.05, 4.69) is 38.1 Å². The van der Waals surface area contributed by atoms with Crippen molar-refractivity contribution in [3.8, 4) is 5.75 Å². The molecule has 1 heterocycles. The number of hydrogen-bond donors (Lipinski definition) is 2. The van der Waals surface area contributed by atoms with Crippen molar-refractivity contribution in [2.45, 2.75) is 32.4 Å². The van der Waals surface area contributed by atoms with Gasteiger partial charge in [-0.2, -0.15) is 0 Å². The molecule has 0 aromatic heterocycles. The number of nitrogens with zero attached hydrogens (tertiary/aromatic N) is 2. The maximum absolute atomic E-state index is 5.96. The second kappa shape index (κ2) is 8.39. The molecule has 5 nitrogen and oxygen atoms in total. The van der Waals surface area contributed by atoms with E-state index in [9.17, 15) is 0 Å². The maximum atomic E-state index is 5.96. The van der Waals surface area contributed by atoms with E-state index < -0.39 is 0 Å². The van der Waals surface area contributed by atoms with Crippen molar-refractivity contribution >= 4 is 21.9 Å². The van der Waals surface area contributed by atoms with Crippen molar-refractivity contribution in [1.29, 1.82) is 0 Å². The van der Waals surface area contributed by atoms with Gasteiger partial charge < -0.3 is 15.8 Å². The fourth-order valence-electron chi connectivity index (χ4n) is 2.81. The summed E-state index contributed by atoms with van der Waals surface area (Å²) in [6.45, 7) is 5.93. The molecule has 6 heteroatoms. The van der Waals surface area contributed by atoms with Crippen molar-refractivity contribution in [3.63, 3.8) is 0 Å². The van der Waals surface area contributed by atoms with Crippen LogP contribution in [0.5, 0.6) is 5.75 Å². The summed E-state index contributed by atoms with van der Waals surface area (Å²) in [6.07, 6.45) is 2.51. The number of halogens is 1. The van der Waals surface area contributed by atoms with E-state index in [1.54, 1.807) is 7.11 Å². The molecule has 1 saturated heterocycles. The lowest BCUT2D eigenvalue weighted by Crippen LogP contribution is -2.42. The van der Waals surface area contributed by atoms with E-state index in [4.69, 9.17) is 10.5 Å². The van der Waals surface area contributed by atoms with Gasteiger partial charge in [0.25, 0.3) is 0 Å². The quantitative estimate of drug-likeness (QED) is 0.597. The minimum absolute atomic E-state index is 0.509. The Balaban J connectivity index is 1.83. The molecular formula is C16H25BrN4O. The first-order valence-electron chi connectivity index (χ1n) is 7.74. The maximum Gasteiger partial charge on any atom is 0.188 e. The standard InChI is InChI=1S/C16H25BrN4O/c1-3-21-8-4-5-13(21)11-20-16(18)19-10-12-6-7-15(22-2)14(17)9-12/h6-7,9,13H,3-5,8,10-11H2,1-2H3,(H3,18,19,20). The molecule has 0 aliphatic carbocycles. The summed E-state index contributed by atoms with van der Waals surface area (Å²) in [6, 6.07) is 6.51. The zero-order chi connectivity index (χ0) is 15.9. The van der Waals surface area contributed by atoms with Gasteiger partial charge in [-0.3, -0.25) is 4.90 Å². The highest BCUT2D eigenvalue weighted by Gasteiger charge is 2.22. The summed E-state index contributed by atoms with van der Waals surface area (Å²) < 4.78 is 6.15. The van der Waals surface area contributed by atoms with Crippen LogP contribution in [0.4, 0.5) is 0 Å². The molecule has 0 amide bonds. The zero-order valence-corrected chi connectivity index (χ0v) is 14.9. The van der Waals surface area contributed by atoms with Crippen molar-refractivity contribution in [1.82, 2.24) is 10.2 Å². The van der Waals surface area contributed by atoms with Gasteiger partial charge in [0.1, 0.15) is 5.75 Å². The number of methoxy groups -OCH3 is 1. The molecule has 0 saturated carbocycles. The number of benzene rings is 1. The van der Waals surface area contributed by atoms with E-state index >= 15 is 0 Å². The largest absolute Gasteiger partial charge is 0.496 e. The number of guanidine groups is 1. The molecule has 0 spiro atoms. The van der Waals surface area contributed by atoms with Crippen molar-refractivity contribution in [2.24, 2.45) is 10.7 Å². The van der Waals surface area contributed by atoms with Crippen molar-refractivity contribution < 1.29 is 4.74 Å². The Morgan fingerprint density at radius 3 is 3.05 bits per heavy atom. The van der Waals surface area contributed by atoms with Gasteiger partial charge >= 0.3 is 0 Å². The second-order valence-electron chi connectivity index (χ2n) is 5.48. The Bertz CT molecular complexity index is 521. The molecule has 1 aromatic rings.